The van der Waals surface area contributed by atoms with Crippen LogP contribution < -0.4 is 20.7 Å². The van der Waals surface area contributed by atoms with E-state index in [9.17, 15) is 4.79 Å². The average Bonchev–Trinajstić information content (AvgIpc) is 3.18. The number of nitrogens with one attached hydrogen (secondary N) is 3. The van der Waals surface area contributed by atoms with Crippen molar-refractivity contribution >= 4 is 28.4 Å². The Morgan fingerprint density at radius 2 is 1.94 bits per heavy atom. The van der Waals surface area contributed by atoms with E-state index in [1.54, 1.807) is 11.6 Å². The van der Waals surface area contributed by atoms with Gasteiger partial charge in [-0.15, -0.1) is 5.10 Å². The van der Waals surface area contributed by atoms with Crippen LogP contribution in [0.2, 0.25) is 0 Å². The molecule has 9 nitrogen and oxygen atoms in total. The number of methoxy groups -OCH3 is 1. The quantitative estimate of drug-likeness (QED) is 0.423. The number of aromatic nitrogens is 4. The SMILES string of the molecule is COc1ccc(-c2nc3c4c(C5CNC5)cccc4nc(N[C@@H]4CCCCNC4=O)n3n2)cc1. The van der Waals surface area contributed by atoms with Gasteiger partial charge in [0.25, 0.3) is 0 Å². The highest BCUT2D eigenvalue weighted by molar-refractivity contribution is 5.96. The van der Waals surface area contributed by atoms with Gasteiger partial charge in [-0.2, -0.15) is 4.52 Å². The molecule has 0 unspecified atom stereocenters. The van der Waals surface area contributed by atoms with Crippen molar-refractivity contribution in [3.8, 4) is 17.1 Å². The minimum atomic E-state index is -0.358. The molecule has 1 atom stereocenters. The lowest BCUT2D eigenvalue weighted by atomic mass is 9.91. The molecule has 34 heavy (non-hydrogen) atoms. The fourth-order valence-electron chi connectivity index (χ4n) is 4.71. The van der Waals surface area contributed by atoms with Crippen LogP contribution in [0, 0.1) is 0 Å². The molecule has 2 saturated heterocycles. The zero-order chi connectivity index (χ0) is 23.1. The molecule has 9 heteroatoms. The molecule has 2 aliphatic rings. The second-order valence-corrected chi connectivity index (χ2v) is 8.92. The first-order valence-corrected chi connectivity index (χ1v) is 11.8. The molecule has 3 N–H and O–H groups in total. The molecular formula is C25H27N7O2. The maximum atomic E-state index is 12.6. The number of amides is 1. The van der Waals surface area contributed by atoms with Crippen molar-refractivity contribution in [2.45, 2.75) is 31.2 Å². The van der Waals surface area contributed by atoms with Crippen LogP contribution in [0.15, 0.2) is 42.5 Å². The molecule has 2 aromatic heterocycles. The average molecular weight is 458 g/mol. The molecule has 0 aliphatic carbocycles. The van der Waals surface area contributed by atoms with Crippen molar-refractivity contribution in [2.24, 2.45) is 0 Å². The number of ether oxygens (including phenoxy) is 1. The number of anilines is 1. The normalized spacial score (nSPS) is 19.0. The fourth-order valence-corrected chi connectivity index (χ4v) is 4.71. The molecule has 2 fully saturated rings. The van der Waals surface area contributed by atoms with Gasteiger partial charge in [0, 0.05) is 36.5 Å². The number of carbonyl (C=O) groups excluding carboxylic acids is 1. The molecule has 0 bridgehead atoms. The van der Waals surface area contributed by atoms with Gasteiger partial charge < -0.3 is 20.7 Å². The monoisotopic (exact) mass is 457 g/mol. The summed E-state index contributed by atoms with van der Waals surface area (Å²) in [5.41, 5.74) is 3.71. The highest BCUT2D eigenvalue weighted by Crippen LogP contribution is 2.32. The van der Waals surface area contributed by atoms with E-state index in [1.165, 1.54) is 5.56 Å². The molecule has 174 valence electrons. The molecule has 4 heterocycles. The van der Waals surface area contributed by atoms with Crippen molar-refractivity contribution in [1.82, 2.24) is 30.2 Å². The topological polar surface area (TPSA) is 105 Å². The number of hydrogen-bond acceptors (Lipinski definition) is 7. The van der Waals surface area contributed by atoms with Crippen LogP contribution >= 0.6 is 0 Å². The summed E-state index contributed by atoms with van der Waals surface area (Å²) < 4.78 is 7.06. The lowest BCUT2D eigenvalue weighted by Gasteiger charge is -2.28. The molecule has 6 rings (SSSR count). The summed E-state index contributed by atoms with van der Waals surface area (Å²) in [6.07, 6.45) is 2.70. The van der Waals surface area contributed by atoms with Gasteiger partial charge >= 0.3 is 0 Å². The summed E-state index contributed by atoms with van der Waals surface area (Å²) in [7, 11) is 1.65. The molecule has 1 amide bonds. The van der Waals surface area contributed by atoms with Crippen molar-refractivity contribution in [1.29, 1.82) is 0 Å². The first-order chi connectivity index (χ1) is 16.7. The Morgan fingerprint density at radius 3 is 2.71 bits per heavy atom. The van der Waals surface area contributed by atoms with Crippen molar-refractivity contribution in [3.05, 3.63) is 48.0 Å². The van der Waals surface area contributed by atoms with E-state index in [0.717, 1.165) is 60.2 Å². The Labute approximate surface area is 196 Å². The summed E-state index contributed by atoms with van der Waals surface area (Å²) in [6.45, 7) is 2.58. The molecule has 4 aromatic rings. The number of carbonyl (C=O) groups is 1. The van der Waals surface area contributed by atoms with E-state index in [0.29, 0.717) is 24.2 Å². The molecule has 0 radical (unpaired) electrons. The molecular weight excluding hydrogens is 430 g/mol. The van der Waals surface area contributed by atoms with Crippen molar-refractivity contribution in [2.75, 3.05) is 32.1 Å². The second kappa shape index (κ2) is 8.57. The number of rotatable bonds is 5. The Kier molecular flexibility index (Phi) is 5.26. The first-order valence-electron chi connectivity index (χ1n) is 11.8. The standard InChI is InChI=1S/C25H27N7O2/c1-34-17-10-8-15(9-11-17)22-30-23-21-18(16-13-26-14-16)5-4-7-19(21)28-25(32(23)31-22)29-20-6-2-3-12-27-24(20)33/h4-5,7-11,16,20,26H,2-3,6,12-14H2,1H3,(H,27,33)(H,28,29)/t20-/m1/s1. The van der Waals surface area contributed by atoms with E-state index in [4.69, 9.17) is 19.8 Å². The van der Waals surface area contributed by atoms with Crippen LogP contribution in [0.5, 0.6) is 5.75 Å². The van der Waals surface area contributed by atoms with E-state index in [2.05, 4.69) is 22.0 Å². The lowest BCUT2D eigenvalue weighted by molar-refractivity contribution is -0.121. The number of hydrogen-bond donors (Lipinski definition) is 3. The zero-order valence-electron chi connectivity index (χ0n) is 19.0. The smallest absolute Gasteiger partial charge is 0.242 e. The van der Waals surface area contributed by atoms with Gasteiger partial charge in [-0.1, -0.05) is 12.1 Å². The van der Waals surface area contributed by atoms with Gasteiger partial charge in [-0.3, -0.25) is 4.79 Å². The Hall–Kier alpha value is -3.72. The highest BCUT2D eigenvalue weighted by atomic mass is 16.5. The van der Waals surface area contributed by atoms with Crippen LogP contribution in [0.25, 0.3) is 27.9 Å². The number of nitrogens with zero attached hydrogens (tertiary/aromatic N) is 4. The van der Waals surface area contributed by atoms with Crippen LogP contribution in [0.4, 0.5) is 5.95 Å². The van der Waals surface area contributed by atoms with E-state index >= 15 is 0 Å². The Bertz CT molecular complexity index is 1360. The summed E-state index contributed by atoms with van der Waals surface area (Å²) in [4.78, 5) is 22.5. The lowest BCUT2D eigenvalue weighted by Crippen LogP contribution is -2.40. The van der Waals surface area contributed by atoms with Crippen LogP contribution in [-0.4, -0.2) is 58.3 Å². The van der Waals surface area contributed by atoms with Crippen molar-refractivity contribution < 1.29 is 9.53 Å². The van der Waals surface area contributed by atoms with Gasteiger partial charge in [0.05, 0.1) is 12.6 Å². The van der Waals surface area contributed by atoms with Crippen LogP contribution in [0.1, 0.15) is 30.7 Å². The van der Waals surface area contributed by atoms with Gasteiger partial charge in [0.15, 0.2) is 11.5 Å². The van der Waals surface area contributed by atoms with Gasteiger partial charge in [0.1, 0.15) is 11.8 Å². The maximum absolute atomic E-state index is 12.6. The van der Waals surface area contributed by atoms with Crippen LogP contribution in [-0.2, 0) is 4.79 Å². The molecule has 2 aliphatic heterocycles. The van der Waals surface area contributed by atoms with Gasteiger partial charge in [-0.25, -0.2) is 9.97 Å². The predicted molar refractivity (Wildman–Crippen MR) is 130 cm³/mol. The van der Waals surface area contributed by atoms with Crippen LogP contribution in [0.3, 0.4) is 0 Å². The third-order valence-corrected chi connectivity index (χ3v) is 6.74. The first kappa shape index (κ1) is 20.9. The van der Waals surface area contributed by atoms with E-state index in [-0.39, 0.29) is 11.9 Å². The number of fused-ring (bicyclic) bond motifs is 3. The van der Waals surface area contributed by atoms with Gasteiger partial charge in [0.2, 0.25) is 11.9 Å². The zero-order valence-corrected chi connectivity index (χ0v) is 19.0. The van der Waals surface area contributed by atoms with Gasteiger partial charge in [-0.05, 0) is 55.2 Å². The summed E-state index contributed by atoms with van der Waals surface area (Å²) in [5.74, 6) is 2.33. The van der Waals surface area contributed by atoms with E-state index in [1.807, 2.05) is 36.4 Å². The van der Waals surface area contributed by atoms with Crippen molar-refractivity contribution in [3.63, 3.8) is 0 Å². The molecule has 2 aromatic carbocycles. The summed E-state index contributed by atoms with van der Waals surface area (Å²) in [5, 5.41) is 15.6. The summed E-state index contributed by atoms with van der Waals surface area (Å²) in [6, 6.07) is 13.5. The predicted octanol–water partition coefficient (Wildman–Crippen LogP) is 2.72. The summed E-state index contributed by atoms with van der Waals surface area (Å²) >= 11 is 0. The fraction of sp³-hybridized carbons (Fsp3) is 0.360. The third kappa shape index (κ3) is 3.62. The minimum Gasteiger partial charge on any atom is -0.497 e. The Balaban J connectivity index is 1.52. The third-order valence-electron chi connectivity index (χ3n) is 6.74. The molecule has 0 saturated carbocycles. The second-order valence-electron chi connectivity index (χ2n) is 8.92. The van der Waals surface area contributed by atoms with E-state index < -0.39 is 0 Å². The molecule has 0 spiro atoms. The minimum absolute atomic E-state index is 0.00247. The Morgan fingerprint density at radius 1 is 1.09 bits per heavy atom. The number of benzene rings is 2. The highest BCUT2D eigenvalue weighted by Gasteiger charge is 2.27. The maximum Gasteiger partial charge on any atom is 0.242 e. The largest absolute Gasteiger partial charge is 0.497 e.